The third-order valence-electron chi connectivity index (χ3n) is 4.96. The van der Waals surface area contributed by atoms with Crippen LogP contribution in [0.4, 0.5) is 26.5 Å². The first-order valence-electron chi connectivity index (χ1n) is 10.6. The maximum absolute atomic E-state index is 14.1. The zero-order chi connectivity index (χ0) is 24.4. The SMILES string of the molecule is CCN(C(=O)OC(C)C)c1c(N)nc(-c2nn(Cc3cccnc3F)c3ncccc23)nc1N. The van der Waals surface area contributed by atoms with Crippen molar-refractivity contribution < 1.29 is 13.9 Å². The number of hydrogen-bond donors (Lipinski definition) is 2. The fourth-order valence-electron chi connectivity index (χ4n) is 3.50. The fourth-order valence-corrected chi connectivity index (χ4v) is 3.50. The molecule has 0 saturated carbocycles. The van der Waals surface area contributed by atoms with E-state index in [1.165, 1.54) is 15.8 Å². The van der Waals surface area contributed by atoms with Crippen molar-refractivity contribution >= 4 is 34.4 Å². The van der Waals surface area contributed by atoms with Crippen molar-refractivity contribution in [1.29, 1.82) is 0 Å². The molecule has 4 N–H and O–H groups in total. The molecular weight excluding hydrogens is 441 g/mol. The van der Waals surface area contributed by atoms with E-state index < -0.39 is 12.0 Å². The van der Waals surface area contributed by atoms with Gasteiger partial charge >= 0.3 is 6.09 Å². The van der Waals surface area contributed by atoms with Gasteiger partial charge in [0.2, 0.25) is 5.95 Å². The average Bonchev–Trinajstić information content (AvgIpc) is 3.15. The summed E-state index contributed by atoms with van der Waals surface area (Å²) in [6.45, 7) is 5.59. The summed E-state index contributed by atoms with van der Waals surface area (Å²) in [5, 5.41) is 5.20. The molecule has 11 nitrogen and oxygen atoms in total. The van der Waals surface area contributed by atoms with E-state index in [0.29, 0.717) is 22.3 Å². The summed E-state index contributed by atoms with van der Waals surface area (Å²) < 4.78 is 20.9. The zero-order valence-electron chi connectivity index (χ0n) is 18.9. The Morgan fingerprint density at radius 3 is 2.47 bits per heavy atom. The third-order valence-corrected chi connectivity index (χ3v) is 4.96. The van der Waals surface area contributed by atoms with E-state index in [2.05, 4.69) is 25.0 Å². The molecule has 0 fully saturated rings. The second-order valence-electron chi connectivity index (χ2n) is 7.68. The predicted octanol–water partition coefficient (Wildman–Crippen LogP) is 3.01. The number of anilines is 3. The molecule has 4 heterocycles. The number of halogens is 1. The molecule has 0 atom stereocenters. The molecule has 0 aromatic carbocycles. The van der Waals surface area contributed by atoms with E-state index in [1.54, 1.807) is 51.2 Å². The molecule has 0 spiro atoms. The average molecular weight is 465 g/mol. The van der Waals surface area contributed by atoms with Gasteiger partial charge in [-0.3, -0.25) is 4.90 Å². The van der Waals surface area contributed by atoms with Crippen molar-refractivity contribution in [2.24, 2.45) is 0 Å². The normalized spacial score (nSPS) is 11.2. The molecule has 176 valence electrons. The van der Waals surface area contributed by atoms with Gasteiger partial charge in [-0.25, -0.2) is 29.4 Å². The van der Waals surface area contributed by atoms with Crippen molar-refractivity contribution in [2.75, 3.05) is 22.9 Å². The number of nitrogen functional groups attached to an aromatic ring is 2. The van der Waals surface area contributed by atoms with E-state index in [1.807, 2.05) is 0 Å². The van der Waals surface area contributed by atoms with Gasteiger partial charge in [-0.05, 0) is 39.0 Å². The number of carbonyl (C=O) groups is 1. The minimum absolute atomic E-state index is 0.00468. The Bertz CT molecular complexity index is 1330. The van der Waals surface area contributed by atoms with Gasteiger partial charge in [0, 0.05) is 24.5 Å². The van der Waals surface area contributed by atoms with E-state index in [4.69, 9.17) is 16.2 Å². The van der Waals surface area contributed by atoms with E-state index in [-0.39, 0.29) is 42.3 Å². The van der Waals surface area contributed by atoms with E-state index >= 15 is 0 Å². The summed E-state index contributed by atoms with van der Waals surface area (Å²) in [6.07, 6.45) is 2.05. The lowest BCUT2D eigenvalue weighted by Crippen LogP contribution is -2.34. The summed E-state index contributed by atoms with van der Waals surface area (Å²) in [5.41, 5.74) is 13.8. The van der Waals surface area contributed by atoms with Gasteiger partial charge in [0.25, 0.3) is 0 Å². The molecule has 0 unspecified atom stereocenters. The highest BCUT2D eigenvalue weighted by molar-refractivity contribution is 5.96. The van der Waals surface area contributed by atoms with Crippen LogP contribution in [0.15, 0.2) is 36.7 Å². The Hall–Kier alpha value is -4.35. The second-order valence-corrected chi connectivity index (χ2v) is 7.68. The first-order valence-corrected chi connectivity index (χ1v) is 10.6. The van der Waals surface area contributed by atoms with Gasteiger partial charge in [0.15, 0.2) is 23.1 Å². The van der Waals surface area contributed by atoms with Crippen LogP contribution in [0.3, 0.4) is 0 Å². The topological polar surface area (TPSA) is 151 Å². The van der Waals surface area contributed by atoms with Crippen molar-refractivity contribution in [3.8, 4) is 11.5 Å². The Morgan fingerprint density at radius 1 is 1.15 bits per heavy atom. The molecule has 0 aliphatic heterocycles. The number of pyridine rings is 2. The summed E-state index contributed by atoms with van der Waals surface area (Å²) in [7, 11) is 0. The van der Waals surface area contributed by atoms with E-state index in [0.717, 1.165) is 0 Å². The Labute approximate surface area is 194 Å². The number of rotatable bonds is 6. The molecular formula is C22H24FN9O2. The minimum Gasteiger partial charge on any atom is -0.446 e. The summed E-state index contributed by atoms with van der Waals surface area (Å²) in [4.78, 5) is 30.6. The largest absolute Gasteiger partial charge is 0.446 e. The number of ether oxygens (including phenoxy) is 1. The van der Waals surface area contributed by atoms with Crippen molar-refractivity contribution in [3.63, 3.8) is 0 Å². The van der Waals surface area contributed by atoms with Crippen molar-refractivity contribution in [3.05, 3.63) is 48.2 Å². The lowest BCUT2D eigenvalue weighted by Gasteiger charge is -2.23. The fraction of sp³-hybridized carbons (Fsp3) is 0.273. The maximum atomic E-state index is 14.1. The number of carbonyl (C=O) groups excluding carboxylic acids is 1. The highest BCUT2D eigenvalue weighted by Gasteiger charge is 2.25. The molecule has 0 saturated heterocycles. The highest BCUT2D eigenvalue weighted by atomic mass is 19.1. The molecule has 0 radical (unpaired) electrons. The molecule has 4 aromatic heterocycles. The molecule has 1 amide bonds. The standard InChI is InChI=1S/C22H24FN9O2/c1-4-31(22(33)34-12(2)3)16-18(24)28-20(29-19(16)25)15-14-8-6-10-27-21(14)32(30-15)11-13-7-5-9-26-17(13)23/h5-10,12H,4,11H2,1-3H3,(H4,24,25,28,29). The molecule has 34 heavy (non-hydrogen) atoms. The molecule has 0 bridgehead atoms. The summed E-state index contributed by atoms with van der Waals surface area (Å²) in [5.74, 6) is -0.453. The zero-order valence-corrected chi connectivity index (χ0v) is 18.9. The van der Waals surface area contributed by atoms with Gasteiger partial charge < -0.3 is 16.2 Å². The van der Waals surface area contributed by atoms with Crippen LogP contribution < -0.4 is 16.4 Å². The number of hydrogen-bond acceptors (Lipinski definition) is 9. The minimum atomic E-state index is -0.607. The van der Waals surface area contributed by atoms with Gasteiger partial charge in [-0.1, -0.05) is 6.07 Å². The first-order chi connectivity index (χ1) is 16.3. The van der Waals surface area contributed by atoms with Gasteiger partial charge in [-0.2, -0.15) is 9.49 Å². The van der Waals surface area contributed by atoms with Crippen LogP contribution in [0.25, 0.3) is 22.6 Å². The molecule has 4 aromatic rings. The lowest BCUT2D eigenvalue weighted by atomic mass is 10.2. The highest BCUT2D eigenvalue weighted by Crippen LogP contribution is 2.33. The predicted molar refractivity (Wildman–Crippen MR) is 125 cm³/mol. The number of amides is 1. The third kappa shape index (κ3) is 4.29. The number of nitrogens with two attached hydrogens (primary N) is 2. The van der Waals surface area contributed by atoms with E-state index in [9.17, 15) is 9.18 Å². The maximum Gasteiger partial charge on any atom is 0.414 e. The Morgan fingerprint density at radius 2 is 1.82 bits per heavy atom. The Kier molecular flexibility index (Phi) is 6.21. The van der Waals surface area contributed by atoms with Crippen molar-refractivity contribution in [2.45, 2.75) is 33.4 Å². The smallest absolute Gasteiger partial charge is 0.414 e. The van der Waals surface area contributed by atoms with Crippen LogP contribution in [-0.2, 0) is 11.3 Å². The van der Waals surface area contributed by atoms with Gasteiger partial charge in [0.05, 0.1) is 18.0 Å². The molecule has 0 aliphatic carbocycles. The monoisotopic (exact) mass is 465 g/mol. The number of nitrogens with zero attached hydrogens (tertiary/aromatic N) is 7. The van der Waals surface area contributed by atoms with Gasteiger partial charge in [-0.15, -0.1) is 0 Å². The number of aromatic nitrogens is 6. The summed E-state index contributed by atoms with van der Waals surface area (Å²) >= 11 is 0. The quantitative estimate of drug-likeness (QED) is 0.409. The van der Waals surface area contributed by atoms with Crippen LogP contribution in [0.5, 0.6) is 0 Å². The van der Waals surface area contributed by atoms with Crippen LogP contribution in [0.1, 0.15) is 26.3 Å². The molecule has 0 aliphatic rings. The molecule has 4 rings (SSSR count). The lowest BCUT2D eigenvalue weighted by molar-refractivity contribution is 0.123. The van der Waals surface area contributed by atoms with Crippen LogP contribution in [0, 0.1) is 5.95 Å². The Balaban J connectivity index is 1.78. The van der Waals surface area contributed by atoms with Crippen LogP contribution in [-0.4, -0.2) is 48.5 Å². The molecule has 12 heteroatoms. The van der Waals surface area contributed by atoms with Crippen molar-refractivity contribution in [1.82, 2.24) is 29.7 Å². The number of fused-ring (bicyclic) bond motifs is 1. The first kappa shape index (κ1) is 22.8. The van der Waals surface area contributed by atoms with Crippen LogP contribution in [0.2, 0.25) is 0 Å². The second kappa shape index (κ2) is 9.25. The van der Waals surface area contributed by atoms with Gasteiger partial charge in [0.1, 0.15) is 11.4 Å². The summed E-state index contributed by atoms with van der Waals surface area (Å²) in [6, 6.07) is 6.80. The van der Waals surface area contributed by atoms with Crippen LogP contribution >= 0.6 is 0 Å².